The summed E-state index contributed by atoms with van der Waals surface area (Å²) in [6.45, 7) is 1.55. The van der Waals surface area contributed by atoms with Gasteiger partial charge in [-0.1, -0.05) is 0 Å². The second-order valence-electron chi connectivity index (χ2n) is 9.17. The van der Waals surface area contributed by atoms with E-state index >= 15 is 0 Å². The number of amides is 1. The Balaban J connectivity index is 1.05. The largest absolute Gasteiger partial charge is 0.484 e. The van der Waals surface area contributed by atoms with Gasteiger partial charge in [0.1, 0.15) is 22.9 Å². The maximum Gasteiger partial charge on any atom is 0.260 e. The molecule has 0 spiro atoms. The number of fused-ring (bicyclic) bond motifs is 3. The van der Waals surface area contributed by atoms with E-state index in [1.807, 2.05) is 23.1 Å². The van der Waals surface area contributed by atoms with Crippen molar-refractivity contribution in [2.75, 3.05) is 19.7 Å². The molecule has 1 aliphatic heterocycles. The first-order valence-electron chi connectivity index (χ1n) is 11.6. The molecule has 1 amide bonds. The SMILES string of the molecule is O=C(COc1ccc2oc3c(c2c1)CCCC3)N1CCC(c2nc(C3CC3)n[nH]2)CC1. The molecule has 0 radical (unpaired) electrons. The van der Waals surface area contributed by atoms with Crippen molar-refractivity contribution in [3.63, 3.8) is 0 Å². The Morgan fingerprint density at radius 2 is 1.97 bits per heavy atom. The van der Waals surface area contributed by atoms with Gasteiger partial charge in [-0.3, -0.25) is 9.89 Å². The monoisotopic (exact) mass is 420 g/mol. The minimum Gasteiger partial charge on any atom is -0.484 e. The van der Waals surface area contributed by atoms with Gasteiger partial charge in [-0.15, -0.1) is 0 Å². The van der Waals surface area contributed by atoms with Crippen molar-refractivity contribution in [1.29, 1.82) is 0 Å². The van der Waals surface area contributed by atoms with Gasteiger partial charge in [0.2, 0.25) is 0 Å². The fourth-order valence-corrected chi connectivity index (χ4v) is 4.96. The third-order valence-electron chi connectivity index (χ3n) is 6.99. The number of nitrogens with one attached hydrogen (secondary N) is 1. The normalized spacial score (nSPS) is 19.5. The average molecular weight is 421 g/mol. The summed E-state index contributed by atoms with van der Waals surface area (Å²) in [6.07, 6.45) is 8.73. The molecule has 3 aliphatic rings. The fourth-order valence-electron chi connectivity index (χ4n) is 4.96. The molecule has 2 fully saturated rings. The van der Waals surface area contributed by atoms with Crippen LogP contribution in [0.2, 0.25) is 0 Å². The lowest BCUT2D eigenvalue weighted by Crippen LogP contribution is -2.40. The molecule has 1 saturated heterocycles. The number of aromatic amines is 1. The summed E-state index contributed by atoms with van der Waals surface area (Å²) in [5.41, 5.74) is 2.24. The highest BCUT2D eigenvalue weighted by molar-refractivity contribution is 5.84. The molecule has 7 nitrogen and oxygen atoms in total. The first kappa shape index (κ1) is 18.9. The van der Waals surface area contributed by atoms with E-state index in [1.165, 1.54) is 31.2 Å². The van der Waals surface area contributed by atoms with Crippen LogP contribution >= 0.6 is 0 Å². The minimum atomic E-state index is 0.0454. The number of H-pyrrole nitrogens is 1. The highest BCUT2D eigenvalue weighted by atomic mass is 16.5. The molecule has 0 unspecified atom stereocenters. The van der Waals surface area contributed by atoms with Crippen LogP contribution < -0.4 is 4.74 Å². The van der Waals surface area contributed by atoms with Gasteiger partial charge >= 0.3 is 0 Å². The van der Waals surface area contributed by atoms with Crippen LogP contribution in [0.15, 0.2) is 22.6 Å². The van der Waals surface area contributed by atoms with Crippen LogP contribution in [0.5, 0.6) is 5.75 Å². The van der Waals surface area contributed by atoms with Crippen LogP contribution in [-0.4, -0.2) is 45.7 Å². The summed E-state index contributed by atoms with van der Waals surface area (Å²) in [5.74, 6) is 4.78. The maximum absolute atomic E-state index is 12.7. The summed E-state index contributed by atoms with van der Waals surface area (Å²) in [7, 11) is 0. The highest BCUT2D eigenvalue weighted by Crippen LogP contribution is 2.38. The van der Waals surface area contributed by atoms with Crippen molar-refractivity contribution in [3.05, 3.63) is 41.2 Å². The van der Waals surface area contributed by atoms with Crippen LogP contribution in [-0.2, 0) is 17.6 Å². The van der Waals surface area contributed by atoms with Crippen molar-refractivity contribution in [2.24, 2.45) is 0 Å². The number of carbonyl (C=O) groups is 1. The molecule has 3 aromatic rings. The van der Waals surface area contributed by atoms with Crippen molar-refractivity contribution in [1.82, 2.24) is 20.1 Å². The van der Waals surface area contributed by atoms with Gasteiger partial charge in [0.15, 0.2) is 12.4 Å². The predicted molar refractivity (Wildman–Crippen MR) is 115 cm³/mol. The first-order valence-corrected chi connectivity index (χ1v) is 11.6. The van der Waals surface area contributed by atoms with Crippen LogP contribution in [0.3, 0.4) is 0 Å². The number of hydrogen-bond donors (Lipinski definition) is 1. The number of ether oxygens (including phenoxy) is 1. The number of furan rings is 1. The molecule has 6 rings (SSSR count). The molecule has 0 atom stereocenters. The van der Waals surface area contributed by atoms with Gasteiger partial charge in [-0.2, -0.15) is 5.10 Å². The molecule has 2 aromatic heterocycles. The second-order valence-corrected chi connectivity index (χ2v) is 9.17. The van der Waals surface area contributed by atoms with E-state index in [4.69, 9.17) is 14.1 Å². The summed E-state index contributed by atoms with van der Waals surface area (Å²) in [6, 6.07) is 5.90. The Morgan fingerprint density at radius 1 is 1.13 bits per heavy atom. The van der Waals surface area contributed by atoms with Crippen LogP contribution in [0.1, 0.15) is 73.3 Å². The van der Waals surface area contributed by atoms with E-state index in [9.17, 15) is 4.79 Å². The number of piperidine rings is 1. The zero-order valence-corrected chi connectivity index (χ0v) is 17.7. The summed E-state index contributed by atoms with van der Waals surface area (Å²) >= 11 is 0. The van der Waals surface area contributed by atoms with Crippen molar-refractivity contribution >= 4 is 16.9 Å². The van der Waals surface area contributed by atoms with E-state index in [1.54, 1.807) is 0 Å². The zero-order chi connectivity index (χ0) is 20.8. The number of rotatable bonds is 5. The molecule has 1 aromatic carbocycles. The highest BCUT2D eigenvalue weighted by Gasteiger charge is 2.30. The van der Waals surface area contributed by atoms with E-state index in [-0.39, 0.29) is 12.5 Å². The summed E-state index contributed by atoms with van der Waals surface area (Å²) < 4.78 is 11.9. The molecule has 162 valence electrons. The van der Waals surface area contributed by atoms with E-state index in [0.29, 0.717) is 11.8 Å². The number of hydrogen-bond acceptors (Lipinski definition) is 5. The zero-order valence-electron chi connectivity index (χ0n) is 17.7. The Morgan fingerprint density at radius 3 is 2.81 bits per heavy atom. The van der Waals surface area contributed by atoms with Crippen molar-refractivity contribution < 1.29 is 13.9 Å². The molecule has 1 saturated carbocycles. The molecular weight excluding hydrogens is 392 g/mol. The van der Waals surface area contributed by atoms with Gasteiger partial charge in [0.25, 0.3) is 5.91 Å². The number of carbonyl (C=O) groups excluding carboxylic acids is 1. The van der Waals surface area contributed by atoms with Crippen LogP contribution in [0.4, 0.5) is 0 Å². The Kier molecular flexibility index (Phi) is 4.69. The number of likely N-dealkylation sites (tertiary alicyclic amines) is 1. The number of aryl methyl sites for hydroxylation is 2. The Bertz CT molecular complexity index is 1110. The second kappa shape index (κ2) is 7.70. The molecule has 2 aliphatic carbocycles. The predicted octanol–water partition coefficient (Wildman–Crippen LogP) is 4.09. The Labute approximate surface area is 181 Å². The van der Waals surface area contributed by atoms with Crippen molar-refractivity contribution in [3.8, 4) is 5.75 Å². The number of nitrogens with zero attached hydrogens (tertiary/aromatic N) is 3. The third-order valence-corrected chi connectivity index (χ3v) is 6.99. The average Bonchev–Trinajstić information content (AvgIpc) is 3.42. The maximum atomic E-state index is 12.7. The lowest BCUT2D eigenvalue weighted by atomic mass is 9.96. The minimum absolute atomic E-state index is 0.0454. The van der Waals surface area contributed by atoms with Gasteiger partial charge in [0.05, 0.1) is 0 Å². The van der Waals surface area contributed by atoms with Gasteiger partial charge in [0, 0.05) is 42.3 Å². The third kappa shape index (κ3) is 3.70. The molecule has 7 heteroatoms. The van der Waals surface area contributed by atoms with Crippen LogP contribution in [0, 0.1) is 0 Å². The van der Waals surface area contributed by atoms with E-state index < -0.39 is 0 Å². The first-order chi connectivity index (χ1) is 15.2. The van der Waals surface area contributed by atoms with E-state index in [2.05, 4.69) is 10.2 Å². The topological polar surface area (TPSA) is 84.2 Å². The van der Waals surface area contributed by atoms with Crippen LogP contribution in [0.25, 0.3) is 11.0 Å². The molecular formula is C24H28N4O3. The summed E-state index contributed by atoms with van der Waals surface area (Å²) in [4.78, 5) is 19.3. The fraction of sp³-hybridized carbons (Fsp3) is 0.542. The Hall–Kier alpha value is -2.83. The quantitative estimate of drug-likeness (QED) is 0.672. The molecule has 0 bridgehead atoms. The lowest BCUT2D eigenvalue weighted by molar-refractivity contribution is -0.134. The lowest BCUT2D eigenvalue weighted by Gasteiger charge is -2.30. The molecule has 3 heterocycles. The van der Waals surface area contributed by atoms with Gasteiger partial charge < -0.3 is 14.1 Å². The molecule has 31 heavy (non-hydrogen) atoms. The summed E-state index contributed by atoms with van der Waals surface area (Å²) in [5, 5.41) is 8.63. The van der Waals surface area contributed by atoms with E-state index in [0.717, 1.165) is 72.9 Å². The molecule has 1 N–H and O–H groups in total. The van der Waals surface area contributed by atoms with Gasteiger partial charge in [-0.05, 0) is 63.1 Å². The standard InChI is InChI=1S/C24H28N4O3/c29-22(28-11-9-16(10-12-28)24-25-23(26-27-24)15-5-6-15)14-30-17-7-8-21-19(13-17)18-3-1-2-4-20(18)31-21/h7-8,13,15-16H,1-6,9-12,14H2,(H,25,26,27). The smallest absolute Gasteiger partial charge is 0.260 e. The number of aromatic nitrogens is 3. The van der Waals surface area contributed by atoms with Crippen molar-refractivity contribution in [2.45, 2.75) is 63.2 Å². The number of benzene rings is 1. The van der Waals surface area contributed by atoms with Gasteiger partial charge in [-0.25, -0.2) is 4.98 Å².